The van der Waals surface area contributed by atoms with Crippen LogP contribution in [0.15, 0.2) is 41.8 Å². The fourth-order valence-corrected chi connectivity index (χ4v) is 4.14. The van der Waals surface area contributed by atoms with Crippen LogP contribution in [0.25, 0.3) is 0 Å². The minimum Gasteiger partial charge on any atom is -0.312 e. The first-order valence-electron chi connectivity index (χ1n) is 6.01. The van der Waals surface area contributed by atoms with Gasteiger partial charge in [-0.1, -0.05) is 42.1 Å². The van der Waals surface area contributed by atoms with Crippen molar-refractivity contribution in [3.8, 4) is 0 Å². The average molecular weight is 314 g/mol. The van der Waals surface area contributed by atoms with Gasteiger partial charge in [0.25, 0.3) is 0 Å². The van der Waals surface area contributed by atoms with Crippen molar-refractivity contribution in [2.75, 3.05) is 0 Å². The minimum atomic E-state index is -0.605. The van der Waals surface area contributed by atoms with E-state index in [-0.39, 0.29) is 11.2 Å². The Kier molecular flexibility index (Phi) is 3.50. The van der Waals surface area contributed by atoms with Gasteiger partial charge in [-0.05, 0) is 12.0 Å². The Morgan fingerprint density at radius 2 is 2.05 bits per heavy atom. The fraction of sp³-hybridized carbons (Fsp3) is 0.385. The number of halogens is 2. The molecule has 1 heterocycles. The van der Waals surface area contributed by atoms with E-state index < -0.39 is 4.33 Å². The van der Waals surface area contributed by atoms with Gasteiger partial charge in [0.05, 0.1) is 0 Å². The SMILES string of the molecule is Cn1cnnc1SC(c1ccccc1)C1CC1(Cl)Cl. The molecule has 0 aliphatic heterocycles. The number of nitrogens with zero attached hydrogens (tertiary/aromatic N) is 3. The molecule has 1 saturated carbocycles. The standard InChI is InChI=1S/C13H13Cl2N3S/c1-18-8-16-17-12(18)19-11(10-7-13(10,14)15)9-5-3-2-4-6-9/h2-6,8,10-11H,7H2,1H3. The zero-order chi connectivity index (χ0) is 13.5. The van der Waals surface area contributed by atoms with Crippen LogP contribution < -0.4 is 0 Å². The number of hydrogen-bond donors (Lipinski definition) is 0. The molecule has 3 nitrogen and oxygen atoms in total. The van der Waals surface area contributed by atoms with Crippen molar-refractivity contribution in [3.63, 3.8) is 0 Å². The molecule has 1 aliphatic rings. The van der Waals surface area contributed by atoms with Crippen molar-refractivity contribution in [1.82, 2.24) is 14.8 Å². The Hall–Kier alpha value is -0.710. The lowest BCUT2D eigenvalue weighted by molar-refractivity contribution is 0.756. The number of thioether (sulfide) groups is 1. The van der Waals surface area contributed by atoms with Gasteiger partial charge in [-0.3, -0.25) is 0 Å². The number of rotatable bonds is 4. The maximum absolute atomic E-state index is 6.24. The summed E-state index contributed by atoms with van der Waals surface area (Å²) in [5, 5.41) is 9.13. The second-order valence-corrected chi connectivity index (χ2v) is 7.40. The van der Waals surface area contributed by atoms with Gasteiger partial charge in [-0.2, -0.15) is 0 Å². The smallest absolute Gasteiger partial charge is 0.191 e. The van der Waals surface area contributed by atoms with Crippen LogP contribution in [0, 0.1) is 5.92 Å². The van der Waals surface area contributed by atoms with E-state index in [1.807, 2.05) is 29.8 Å². The van der Waals surface area contributed by atoms with Crippen LogP contribution in [0.3, 0.4) is 0 Å². The van der Waals surface area contributed by atoms with Crippen LogP contribution in [-0.2, 0) is 7.05 Å². The van der Waals surface area contributed by atoms with E-state index in [0.717, 1.165) is 11.6 Å². The number of aryl methyl sites for hydroxylation is 1. The van der Waals surface area contributed by atoms with Crippen LogP contribution >= 0.6 is 35.0 Å². The molecule has 2 unspecified atom stereocenters. The summed E-state index contributed by atoms with van der Waals surface area (Å²) in [6.07, 6.45) is 2.52. The summed E-state index contributed by atoms with van der Waals surface area (Å²) in [6.45, 7) is 0. The first kappa shape index (κ1) is 13.3. The Morgan fingerprint density at radius 1 is 1.37 bits per heavy atom. The van der Waals surface area contributed by atoms with E-state index in [2.05, 4.69) is 22.3 Å². The van der Waals surface area contributed by atoms with Crippen molar-refractivity contribution in [2.24, 2.45) is 13.0 Å². The van der Waals surface area contributed by atoms with Crippen LogP contribution in [0.2, 0.25) is 0 Å². The van der Waals surface area contributed by atoms with Gasteiger partial charge in [0, 0.05) is 18.2 Å². The Labute approximate surface area is 126 Å². The first-order valence-corrected chi connectivity index (χ1v) is 7.65. The Morgan fingerprint density at radius 3 is 2.58 bits per heavy atom. The molecule has 19 heavy (non-hydrogen) atoms. The van der Waals surface area contributed by atoms with Crippen LogP contribution in [-0.4, -0.2) is 19.1 Å². The lowest BCUT2D eigenvalue weighted by Crippen LogP contribution is -2.04. The summed E-state index contributed by atoms with van der Waals surface area (Å²) >= 11 is 14.2. The predicted molar refractivity (Wildman–Crippen MR) is 78.6 cm³/mol. The van der Waals surface area contributed by atoms with Crippen molar-refractivity contribution in [3.05, 3.63) is 42.2 Å². The minimum absolute atomic E-state index is 0.208. The van der Waals surface area contributed by atoms with Crippen molar-refractivity contribution < 1.29 is 0 Å². The zero-order valence-electron chi connectivity index (χ0n) is 10.3. The molecule has 0 N–H and O–H groups in total. The highest BCUT2D eigenvalue weighted by molar-refractivity contribution is 7.99. The largest absolute Gasteiger partial charge is 0.312 e. The molecule has 3 rings (SSSR count). The molecule has 0 bridgehead atoms. The van der Waals surface area contributed by atoms with Gasteiger partial charge in [0.15, 0.2) is 5.16 Å². The summed E-state index contributed by atoms with van der Waals surface area (Å²) in [6, 6.07) is 10.3. The van der Waals surface area contributed by atoms with Gasteiger partial charge in [0.2, 0.25) is 0 Å². The third-order valence-electron chi connectivity index (χ3n) is 3.27. The molecule has 0 radical (unpaired) electrons. The highest BCUT2D eigenvalue weighted by Gasteiger charge is 2.56. The molecule has 100 valence electrons. The highest BCUT2D eigenvalue weighted by atomic mass is 35.5. The maximum Gasteiger partial charge on any atom is 0.191 e. The Balaban J connectivity index is 1.88. The molecule has 1 aromatic heterocycles. The van der Waals surface area contributed by atoms with E-state index in [9.17, 15) is 0 Å². The molecule has 1 fully saturated rings. The average Bonchev–Trinajstić information content (AvgIpc) is 2.83. The number of aromatic nitrogens is 3. The molecule has 1 aliphatic carbocycles. The monoisotopic (exact) mass is 313 g/mol. The maximum atomic E-state index is 6.24. The second-order valence-electron chi connectivity index (χ2n) is 4.75. The van der Waals surface area contributed by atoms with E-state index in [1.165, 1.54) is 5.56 Å². The third kappa shape index (κ3) is 2.76. The summed E-state index contributed by atoms with van der Waals surface area (Å²) in [5.41, 5.74) is 1.23. The summed E-state index contributed by atoms with van der Waals surface area (Å²) in [7, 11) is 1.94. The summed E-state index contributed by atoms with van der Waals surface area (Å²) in [4.78, 5) is 0. The third-order valence-corrected chi connectivity index (χ3v) is 5.57. The number of alkyl halides is 2. The van der Waals surface area contributed by atoms with Gasteiger partial charge in [-0.25, -0.2) is 0 Å². The van der Waals surface area contributed by atoms with E-state index in [1.54, 1.807) is 18.1 Å². The summed E-state index contributed by atoms with van der Waals surface area (Å²) in [5.74, 6) is 0.250. The first-order chi connectivity index (χ1) is 9.08. The molecule has 0 saturated heterocycles. The van der Waals surface area contributed by atoms with E-state index in [4.69, 9.17) is 23.2 Å². The van der Waals surface area contributed by atoms with E-state index in [0.29, 0.717) is 0 Å². The molecular formula is C13H13Cl2N3S. The Bertz CT molecular complexity index is 570. The van der Waals surface area contributed by atoms with Gasteiger partial charge >= 0.3 is 0 Å². The molecule has 6 heteroatoms. The lowest BCUT2D eigenvalue weighted by atomic mass is 10.1. The van der Waals surface area contributed by atoms with Crippen molar-refractivity contribution >= 4 is 35.0 Å². The highest BCUT2D eigenvalue weighted by Crippen LogP contribution is 2.63. The van der Waals surface area contributed by atoms with Gasteiger partial charge < -0.3 is 4.57 Å². The van der Waals surface area contributed by atoms with E-state index >= 15 is 0 Å². The van der Waals surface area contributed by atoms with Crippen LogP contribution in [0.1, 0.15) is 17.2 Å². The quantitative estimate of drug-likeness (QED) is 0.634. The topological polar surface area (TPSA) is 30.7 Å². The van der Waals surface area contributed by atoms with Gasteiger partial charge in [-0.15, -0.1) is 33.4 Å². The number of hydrogen-bond acceptors (Lipinski definition) is 3. The zero-order valence-corrected chi connectivity index (χ0v) is 12.7. The molecular weight excluding hydrogens is 301 g/mol. The molecule has 2 aromatic rings. The molecule has 1 aromatic carbocycles. The van der Waals surface area contributed by atoms with Gasteiger partial charge in [0.1, 0.15) is 10.7 Å². The van der Waals surface area contributed by atoms with Crippen LogP contribution in [0.5, 0.6) is 0 Å². The molecule has 0 spiro atoms. The molecule has 0 amide bonds. The second kappa shape index (κ2) is 5.00. The predicted octanol–water partition coefficient (Wildman–Crippen LogP) is 3.84. The lowest BCUT2D eigenvalue weighted by Gasteiger charge is -2.16. The normalized spacial score (nSPS) is 22.2. The number of benzene rings is 1. The summed E-state index contributed by atoms with van der Waals surface area (Å²) < 4.78 is 1.30. The van der Waals surface area contributed by atoms with Crippen molar-refractivity contribution in [1.29, 1.82) is 0 Å². The van der Waals surface area contributed by atoms with Crippen LogP contribution in [0.4, 0.5) is 0 Å². The molecule has 2 atom stereocenters. The fourth-order valence-electron chi connectivity index (χ4n) is 2.08. The van der Waals surface area contributed by atoms with Crippen molar-refractivity contribution in [2.45, 2.75) is 21.2 Å².